The van der Waals surface area contributed by atoms with E-state index < -0.39 is 6.09 Å². The lowest BCUT2D eigenvalue weighted by Crippen LogP contribution is -2.42. The number of ether oxygens (including phenoxy) is 1. The van der Waals surface area contributed by atoms with Crippen LogP contribution in [0.1, 0.15) is 6.92 Å². The summed E-state index contributed by atoms with van der Waals surface area (Å²) in [4.78, 5) is 22.9. The number of thioether (sulfide) groups is 1. The van der Waals surface area contributed by atoms with Crippen molar-refractivity contribution in [3.63, 3.8) is 0 Å². The fourth-order valence-corrected chi connectivity index (χ4v) is 1.70. The minimum Gasteiger partial charge on any atom is -0.449 e. The minimum atomic E-state index is -0.711. The van der Waals surface area contributed by atoms with Gasteiger partial charge in [0.2, 0.25) is 5.91 Å². The number of hydrogen-bond acceptors (Lipinski definition) is 4. The van der Waals surface area contributed by atoms with Crippen molar-refractivity contribution in [2.75, 3.05) is 12.4 Å². The third-order valence-corrected chi connectivity index (χ3v) is 2.78. The van der Waals surface area contributed by atoms with Gasteiger partial charge in [0.25, 0.3) is 0 Å². The van der Waals surface area contributed by atoms with Gasteiger partial charge in [-0.3, -0.25) is 10.2 Å². The summed E-state index contributed by atoms with van der Waals surface area (Å²) < 4.78 is 17.2. The molecule has 7 heteroatoms. The first-order chi connectivity index (χ1) is 8.61. The molecule has 1 rings (SSSR count). The zero-order valence-electron chi connectivity index (χ0n) is 9.73. The highest BCUT2D eigenvalue weighted by Gasteiger charge is 2.05. The number of hydrogen-bond donors (Lipinski definition) is 2. The summed E-state index contributed by atoms with van der Waals surface area (Å²) in [5.41, 5.74) is 4.29. The average molecular weight is 272 g/mol. The van der Waals surface area contributed by atoms with E-state index in [1.807, 2.05) is 0 Å². The van der Waals surface area contributed by atoms with Crippen LogP contribution in [0.4, 0.5) is 9.18 Å². The molecule has 0 heterocycles. The predicted octanol–water partition coefficient (Wildman–Crippen LogP) is 1.70. The van der Waals surface area contributed by atoms with Crippen LogP contribution in [-0.2, 0) is 9.53 Å². The summed E-state index contributed by atoms with van der Waals surface area (Å²) in [6.45, 7) is 1.89. The van der Waals surface area contributed by atoms with Gasteiger partial charge in [-0.05, 0) is 31.2 Å². The van der Waals surface area contributed by atoms with E-state index in [1.165, 1.54) is 23.9 Å². The van der Waals surface area contributed by atoms with Gasteiger partial charge >= 0.3 is 6.09 Å². The van der Waals surface area contributed by atoms with Crippen molar-refractivity contribution in [1.82, 2.24) is 10.9 Å². The molecule has 18 heavy (non-hydrogen) atoms. The van der Waals surface area contributed by atoms with E-state index in [0.29, 0.717) is 0 Å². The molecular formula is C11H13FN2O3S. The highest BCUT2D eigenvalue weighted by molar-refractivity contribution is 8.00. The van der Waals surface area contributed by atoms with Crippen LogP contribution in [0.3, 0.4) is 0 Å². The van der Waals surface area contributed by atoms with Crippen LogP contribution >= 0.6 is 11.8 Å². The molecular weight excluding hydrogens is 259 g/mol. The number of amides is 2. The van der Waals surface area contributed by atoms with Gasteiger partial charge in [0, 0.05) is 4.90 Å². The van der Waals surface area contributed by atoms with Gasteiger partial charge in [-0.15, -0.1) is 11.8 Å². The zero-order valence-corrected chi connectivity index (χ0v) is 10.6. The maximum atomic E-state index is 12.6. The molecule has 0 saturated carbocycles. The fourth-order valence-electron chi connectivity index (χ4n) is 1.00. The summed E-state index contributed by atoms with van der Waals surface area (Å²) in [7, 11) is 0. The molecule has 0 aliphatic heterocycles. The van der Waals surface area contributed by atoms with Crippen LogP contribution in [0.2, 0.25) is 0 Å². The van der Waals surface area contributed by atoms with E-state index >= 15 is 0 Å². The molecule has 0 aliphatic carbocycles. The van der Waals surface area contributed by atoms with Crippen LogP contribution in [0.25, 0.3) is 0 Å². The Morgan fingerprint density at radius 3 is 2.56 bits per heavy atom. The Morgan fingerprint density at radius 2 is 1.94 bits per heavy atom. The summed E-state index contributed by atoms with van der Waals surface area (Å²) >= 11 is 1.23. The second kappa shape index (κ2) is 7.54. The van der Waals surface area contributed by atoms with Crippen molar-refractivity contribution >= 4 is 23.8 Å². The monoisotopic (exact) mass is 272 g/mol. The topological polar surface area (TPSA) is 67.4 Å². The van der Waals surface area contributed by atoms with Crippen molar-refractivity contribution < 1.29 is 18.7 Å². The predicted molar refractivity (Wildman–Crippen MR) is 65.4 cm³/mol. The SMILES string of the molecule is CCOC(=O)NNC(=O)CSc1ccc(F)cc1. The number of carbonyl (C=O) groups is 2. The van der Waals surface area contributed by atoms with Crippen LogP contribution in [-0.4, -0.2) is 24.4 Å². The first-order valence-corrected chi connectivity index (χ1v) is 6.20. The molecule has 0 fully saturated rings. The molecule has 1 aromatic rings. The Bertz CT molecular complexity index is 411. The van der Waals surface area contributed by atoms with Crippen molar-refractivity contribution in [2.24, 2.45) is 0 Å². The second-order valence-electron chi connectivity index (χ2n) is 3.14. The molecule has 0 unspecified atom stereocenters. The van der Waals surface area contributed by atoms with Gasteiger partial charge in [-0.25, -0.2) is 14.6 Å². The summed E-state index contributed by atoms with van der Waals surface area (Å²) in [5, 5.41) is 0. The molecule has 0 spiro atoms. The van der Waals surface area contributed by atoms with Gasteiger partial charge in [0.15, 0.2) is 0 Å². The number of nitrogens with one attached hydrogen (secondary N) is 2. The van der Waals surface area contributed by atoms with Crippen molar-refractivity contribution in [3.8, 4) is 0 Å². The zero-order chi connectivity index (χ0) is 13.4. The largest absolute Gasteiger partial charge is 0.449 e. The Balaban J connectivity index is 2.24. The molecule has 0 aromatic heterocycles. The van der Waals surface area contributed by atoms with Gasteiger partial charge in [0.1, 0.15) is 5.82 Å². The lowest BCUT2D eigenvalue weighted by Gasteiger charge is -2.06. The Labute approximate surface area is 108 Å². The van der Waals surface area contributed by atoms with Crippen LogP contribution in [0.15, 0.2) is 29.2 Å². The quantitative estimate of drug-likeness (QED) is 0.646. The molecule has 98 valence electrons. The Morgan fingerprint density at radius 1 is 1.28 bits per heavy atom. The highest BCUT2D eigenvalue weighted by Crippen LogP contribution is 2.17. The Hall–Kier alpha value is -1.76. The van der Waals surface area contributed by atoms with Gasteiger partial charge in [-0.1, -0.05) is 0 Å². The van der Waals surface area contributed by atoms with E-state index in [2.05, 4.69) is 15.6 Å². The van der Waals surface area contributed by atoms with Crippen molar-refractivity contribution in [2.45, 2.75) is 11.8 Å². The van der Waals surface area contributed by atoms with Crippen LogP contribution in [0.5, 0.6) is 0 Å². The molecule has 0 aliphatic rings. The maximum absolute atomic E-state index is 12.6. The second-order valence-corrected chi connectivity index (χ2v) is 4.18. The van der Waals surface area contributed by atoms with Gasteiger partial charge in [0.05, 0.1) is 12.4 Å². The number of rotatable bonds is 4. The number of benzene rings is 1. The molecule has 0 bridgehead atoms. The number of hydrazine groups is 1. The first kappa shape index (κ1) is 14.3. The lowest BCUT2D eigenvalue weighted by molar-refractivity contribution is -0.119. The fraction of sp³-hybridized carbons (Fsp3) is 0.273. The minimum absolute atomic E-state index is 0.109. The molecule has 0 radical (unpaired) electrons. The van der Waals surface area contributed by atoms with Crippen molar-refractivity contribution in [3.05, 3.63) is 30.1 Å². The van der Waals surface area contributed by atoms with E-state index in [-0.39, 0.29) is 24.1 Å². The molecule has 2 amide bonds. The van der Waals surface area contributed by atoms with Gasteiger partial charge < -0.3 is 4.74 Å². The molecule has 0 atom stereocenters. The summed E-state index contributed by atoms with van der Waals surface area (Å²) in [6, 6.07) is 5.78. The lowest BCUT2D eigenvalue weighted by atomic mass is 10.4. The average Bonchev–Trinajstić information content (AvgIpc) is 2.36. The van der Waals surface area contributed by atoms with Crippen molar-refractivity contribution in [1.29, 1.82) is 0 Å². The van der Waals surface area contributed by atoms with E-state index in [9.17, 15) is 14.0 Å². The van der Waals surface area contributed by atoms with Crippen LogP contribution < -0.4 is 10.9 Å². The highest BCUT2D eigenvalue weighted by atomic mass is 32.2. The molecule has 1 aromatic carbocycles. The number of carbonyl (C=O) groups excluding carboxylic acids is 2. The smallest absolute Gasteiger partial charge is 0.426 e. The third kappa shape index (κ3) is 5.53. The molecule has 2 N–H and O–H groups in total. The van der Waals surface area contributed by atoms with E-state index in [4.69, 9.17) is 0 Å². The maximum Gasteiger partial charge on any atom is 0.426 e. The summed E-state index contributed by atoms with van der Waals surface area (Å²) in [5.74, 6) is -0.594. The standard InChI is InChI=1S/C11H13FN2O3S/c1-2-17-11(16)14-13-10(15)7-18-9-5-3-8(12)4-6-9/h3-6H,2,7H2,1H3,(H,13,15)(H,14,16). The third-order valence-electron chi connectivity index (χ3n) is 1.76. The first-order valence-electron chi connectivity index (χ1n) is 5.21. The molecule has 0 saturated heterocycles. The van der Waals surface area contributed by atoms with E-state index in [1.54, 1.807) is 19.1 Å². The normalized spacial score (nSPS) is 9.67. The molecule has 5 nitrogen and oxygen atoms in total. The summed E-state index contributed by atoms with van der Waals surface area (Å²) in [6.07, 6.45) is -0.711. The Kier molecular flexibility index (Phi) is 5.99. The van der Waals surface area contributed by atoms with Crippen LogP contribution in [0, 0.1) is 5.82 Å². The number of halogens is 1. The van der Waals surface area contributed by atoms with E-state index in [0.717, 1.165) is 4.90 Å². The van der Waals surface area contributed by atoms with Gasteiger partial charge in [-0.2, -0.15) is 0 Å².